The van der Waals surface area contributed by atoms with E-state index in [4.69, 9.17) is 0 Å². The normalized spacial score (nSPS) is 13.7. The van der Waals surface area contributed by atoms with Gasteiger partial charge in [-0.2, -0.15) is 4.57 Å². The van der Waals surface area contributed by atoms with Gasteiger partial charge in [0.1, 0.15) is 30.8 Å². The van der Waals surface area contributed by atoms with Crippen LogP contribution in [0.1, 0.15) is 18.1 Å². The van der Waals surface area contributed by atoms with E-state index in [0.717, 1.165) is 30.7 Å². The molecular formula is C37H40N4SY+2. The topological polar surface area (TPSA) is 10.4 Å². The van der Waals surface area contributed by atoms with Crippen molar-refractivity contribution < 1.29 is 41.8 Å². The molecule has 5 aromatic rings. The SMILES string of the molecule is CCN(CC[N+](C)(C)Cc1ccccc1)c1cc(C=C2Sc3ccccc3N2C)c2ccccc2[n+]1-c1ccccc1.[Y]. The zero-order chi connectivity index (χ0) is 29.1. The van der Waals surface area contributed by atoms with Gasteiger partial charge in [0.05, 0.1) is 31.4 Å². The van der Waals surface area contributed by atoms with E-state index in [2.05, 4.69) is 164 Å². The Morgan fingerprint density at radius 3 is 2.21 bits per heavy atom. The molecular weight excluding hydrogens is 621 g/mol. The number of quaternary nitrogens is 1. The van der Waals surface area contributed by atoms with Crippen molar-refractivity contribution in [2.24, 2.45) is 0 Å². The van der Waals surface area contributed by atoms with Gasteiger partial charge in [-0.3, -0.25) is 4.90 Å². The maximum absolute atomic E-state index is 2.55. The molecule has 0 fully saturated rings. The number of pyridine rings is 1. The fourth-order valence-corrected chi connectivity index (χ4v) is 6.98. The van der Waals surface area contributed by atoms with Crippen LogP contribution in [0, 0.1) is 0 Å². The molecule has 1 radical (unpaired) electrons. The number of fused-ring (bicyclic) bond motifs is 2. The number of thioether (sulfide) groups is 1. The van der Waals surface area contributed by atoms with Gasteiger partial charge in [-0.1, -0.05) is 90.6 Å². The van der Waals surface area contributed by atoms with E-state index >= 15 is 0 Å². The van der Waals surface area contributed by atoms with Crippen molar-refractivity contribution in [2.45, 2.75) is 18.4 Å². The number of benzene rings is 4. The molecule has 4 aromatic carbocycles. The molecule has 6 heteroatoms. The van der Waals surface area contributed by atoms with Crippen LogP contribution in [0.3, 0.4) is 0 Å². The largest absolute Gasteiger partial charge is 0.338 e. The van der Waals surface area contributed by atoms with Crippen molar-refractivity contribution in [3.63, 3.8) is 0 Å². The van der Waals surface area contributed by atoms with E-state index in [1.165, 1.54) is 49.1 Å². The van der Waals surface area contributed by atoms with Crippen LogP contribution in [0.25, 0.3) is 22.7 Å². The molecule has 0 bridgehead atoms. The summed E-state index contributed by atoms with van der Waals surface area (Å²) < 4.78 is 3.37. The molecule has 4 nitrogen and oxygen atoms in total. The van der Waals surface area contributed by atoms with Gasteiger partial charge in [-0.15, -0.1) is 0 Å². The van der Waals surface area contributed by atoms with Gasteiger partial charge in [-0.25, -0.2) is 0 Å². The molecule has 215 valence electrons. The Morgan fingerprint density at radius 1 is 0.837 bits per heavy atom. The van der Waals surface area contributed by atoms with Crippen LogP contribution in [0.15, 0.2) is 125 Å². The summed E-state index contributed by atoms with van der Waals surface area (Å²) in [5, 5.41) is 2.49. The Bertz CT molecular complexity index is 1720. The van der Waals surface area contributed by atoms with Gasteiger partial charge in [0.15, 0.2) is 0 Å². The minimum atomic E-state index is 0. The molecule has 0 atom stereocenters. The van der Waals surface area contributed by atoms with Gasteiger partial charge < -0.3 is 9.38 Å². The van der Waals surface area contributed by atoms with Crippen molar-refractivity contribution in [3.8, 4) is 5.69 Å². The number of hydrogen-bond donors (Lipinski definition) is 0. The first kappa shape index (κ1) is 31.5. The maximum Gasteiger partial charge on any atom is 0.283 e. The summed E-state index contributed by atoms with van der Waals surface area (Å²) in [7, 11) is 6.85. The first-order chi connectivity index (χ1) is 20.4. The number of nitrogens with zero attached hydrogens (tertiary/aromatic N) is 4. The molecule has 0 aliphatic carbocycles. The summed E-state index contributed by atoms with van der Waals surface area (Å²) in [6.07, 6.45) is 2.37. The number of anilines is 2. The van der Waals surface area contributed by atoms with E-state index in [9.17, 15) is 0 Å². The Hall–Kier alpha value is -2.96. The second-order valence-corrected chi connectivity index (χ2v) is 12.7. The molecule has 43 heavy (non-hydrogen) atoms. The first-order valence-corrected chi connectivity index (χ1v) is 15.6. The second kappa shape index (κ2) is 13.8. The third kappa shape index (κ3) is 6.91. The summed E-state index contributed by atoms with van der Waals surface area (Å²) >= 11 is 1.85. The number of aromatic nitrogens is 1. The van der Waals surface area contributed by atoms with E-state index in [0.29, 0.717) is 0 Å². The van der Waals surface area contributed by atoms with E-state index in [1.54, 1.807) is 0 Å². The number of rotatable bonds is 9. The van der Waals surface area contributed by atoms with Crippen molar-refractivity contribution in [3.05, 3.63) is 131 Å². The van der Waals surface area contributed by atoms with Crippen molar-refractivity contribution in [1.29, 1.82) is 0 Å². The molecule has 0 amide bonds. The molecule has 0 spiro atoms. The van der Waals surface area contributed by atoms with Crippen LogP contribution in [0.4, 0.5) is 11.5 Å². The summed E-state index contributed by atoms with van der Waals surface area (Å²) in [5.74, 6) is 1.22. The predicted octanol–water partition coefficient (Wildman–Crippen LogP) is 7.76. The van der Waals surface area contributed by atoms with Crippen molar-refractivity contribution in [2.75, 3.05) is 50.6 Å². The Labute approximate surface area is 286 Å². The van der Waals surface area contributed by atoms with Crippen LogP contribution in [-0.4, -0.2) is 45.3 Å². The standard InChI is InChI=1S/C37H40N4S.Y/c1-5-39(24-25-41(3,4)28-29-16-8-6-9-17-29)36-26-30(27-37-38(2)34-22-14-15-23-35(34)42-37)32-20-12-13-21-33(32)40(36)31-18-10-7-11-19-31;/h6-23,26-27H,5,24-25,28H2,1-4H3;/q+2;. The van der Waals surface area contributed by atoms with Gasteiger partial charge in [0.25, 0.3) is 5.82 Å². The van der Waals surface area contributed by atoms with Gasteiger partial charge in [-0.05, 0) is 48.9 Å². The monoisotopic (exact) mass is 661 g/mol. The summed E-state index contributed by atoms with van der Waals surface area (Å²) in [5.41, 5.74) is 6.28. The van der Waals surface area contributed by atoms with Gasteiger partial charge in [0.2, 0.25) is 0 Å². The van der Waals surface area contributed by atoms with Crippen molar-refractivity contribution in [1.82, 2.24) is 0 Å². The molecule has 2 heterocycles. The third-order valence-electron chi connectivity index (χ3n) is 8.17. The molecule has 6 rings (SSSR count). The molecule has 0 saturated carbocycles. The van der Waals surface area contributed by atoms with E-state index in [-0.39, 0.29) is 32.7 Å². The third-order valence-corrected chi connectivity index (χ3v) is 9.34. The quantitative estimate of drug-likeness (QED) is 0.118. The summed E-state index contributed by atoms with van der Waals surface area (Å²) in [6, 6.07) is 41.5. The minimum Gasteiger partial charge on any atom is -0.338 e. The Morgan fingerprint density at radius 2 is 1.49 bits per heavy atom. The van der Waals surface area contributed by atoms with E-state index in [1.807, 2.05) is 11.8 Å². The molecule has 0 N–H and O–H groups in total. The molecule has 1 aliphatic heterocycles. The number of likely N-dealkylation sites (N-methyl/N-ethyl adjacent to an activating group) is 2. The summed E-state index contributed by atoms with van der Waals surface area (Å²) in [4.78, 5) is 6.17. The Balaban J connectivity index is 0.00000368. The van der Waals surface area contributed by atoms with Gasteiger partial charge >= 0.3 is 0 Å². The fourth-order valence-electron chi connectivity index (χ4n) is 5.88. The molecule has 0 saturated heterocycles. The smallest absolute Gasteiger partial charge is 0.283 e. The first-order valence-electron chi connectivity index (χ1n) is 14.8. The molecule has 0 unspecified atom stereocenters. The van der Waals surface area contributed by atoms with Crippen LogP contribution in [0.2, 0.25) is 0 Å². The average molecular weight is 662 g/mol. The zero-order valence-electron chi connectivity index (χ0n) is 25.6. The second-order valence-electron chi connectivity index (χ2n) is 11.6. The average Bonchev–Trinajstić information content (AvgIpc) is 3.33. The fraction of sp³-hybridized carbons (Fsp3) is 0.216. The maximum atomic E-state index is 2.55. The van der Waals surface area contributed by atoms with E-state index < -0.39 is 0 Å². The minimum absolute atomic E-state index is 0. The van der Waals surface area contributed by atoms with Crippen LogP contribution in [-0.2, 0) is 39.3 Å². The summed E-state index contributed by atoms with van der Waals surface area (Å²) in [6.45, 7) is 6.20. The van der Waals surface area contributed by atoms with Crippen LogP contribution < -0.4 is 14.4 Å². The number of para-hydroxylation sites is 3. The van der Waals surface area contributed by atoms with Gasteiger partial charge in [0, 0.05) is 61.7 Å². The van der Waals surface area contributed by atoms with Crippen LogP contribution in [0.5, 0.6) is 0 Å². The molecule has 1 aliphatic rings. The zero-order valence-corrected chi connectivity index (χ0v) is 29.3. The van der Waals surface area contributed by atoms with Crippen molar-refractivity contribution >= 4 is 40.2 Å². The predicted molar refractivity (Wildman–Crippen MR) is 179 cm³/mol. The molecule has 1 aromatic heterocycles. The van der Waals surface area contributed by atoms with Crippen LogP contribution >= 0.6 is 11.8 Å². The number of hydrogen-bond acceptors (Lipinski definition) is 3. The Kier molecular flexibility index (Phi) is 10.1.